The Kier molecular flexibility index (Phi) is 6.03. The number of morpholine rings is 1. The fourth-order valence-corrected chi connectivity index (χ4v) is 4.48. The van der Waals surface area contributed by atoms with E-state index in [1.165, 1.54) is 13.3 Å². The third kappa shape index (κ3) is 4.05. The number of esters is 1. The highest BCUT2D eigenvalue weighted by Crippen LogP contribution is 2.39. The molecule has 1 saturated heterocycles. The molecular formula is C23H26N8O4. The number of methoxy groups -OCH3 is 1. The SMILES string of the molecule is COC(=O)/C(=C/NCc1nc(-c2ccnc3c2ccn3C)nc2c1OC[C@@H]1COC[C@@H](C)N21)N=N. The second kappa shape index (κ2) is 9.29. The molecule has 12 nitrogen and oxygen atoms in total. The van der Waals surface area contributed by atoms with Gasteiger partial charge in [0, 0.05) is 36.6 Å². The highest BCUT2D eigenvalue weighted by molar-refractivity contribution is 5.91. The van der Waals surface area contributed by atoms with Crippen LogP contribution in [0.3, 0.4) is 0 Å². The van der Waals surface area contributed by atoms with Gasteiger partial charge in [-0.1, -0.05) is 0 Å². The van der Waals surface area contributed by atoms with Crippen LogP contribution in [0.15, 0.2) is 41.5 Å². The van der Waals surface area contributed by atoms with E-state index in [1.54, 1.807) is 6.20 Å². The van der Waals surface area contributed by atoms with Gasteiger partial charge >= 0.3 is 5.97 Å². The first-order valence-electron chi connectivity index (χ1n) is 11.2. The van der Waals surface area contributed by atoms with Gasteiger partial charge in [-0.25, -0.2) is 25.3 Å². The van der Waals surface area contributed by atoms with Crippen LogP contribution in [0.25, 0.3) is 22.4 Å². The predicted octanol–water partition coefficient (Wildman–Crippen LogP) is 2.15. The van der Waals surface area contributed by atoms with Crippen molar-refractivity contribution in [1.82, 2.24) is 24.8 Å². The van der Waals surface area contributed by atoms with Gasteiger partial charge in [-0.05, 0) is 19.1 Å². The number of nitrogens with zero attached hydrogens (tertiary/aromatic N) is 6. The average Bonchev–Trinajstić information content (AvgIpc) is 3.26. The standard InChI is InChI=1S/C23H26N8O4/c1-13-10-34-11-14-12-35-19-17(8-25-9-18(29-24)23(32)33-3)27-20(28-22(19)31(13)14)15-4-6-26-21-16(15)5-7-30(21)2/h4-7,9,13-14,24-25H,8,10-12H2,1-3H3/b18-9-,29-24?/t13-,14+/m1/s1. The molecule has 0 amide bonds. The van der Waals surface area contributed by atoms with Crippen molar-refractivity contribution in [3.05, 3.63) is 42.1 Å². The van der Waals surface area contributed by atoms with Crippen molar-refractivity contribution in [2.45, 2.75) is 25.6 Å². The fraction of sp³-hybridized carbons (Fsp3) is 0.391. The van der Waals surface area contributed by atoms with Crippen molar-refractivity contribution < 1.29 is 19.0 Å². The second-order valence-corrected chi connectivity index (χ2v) is 8.44. The summed E-state index contributed by atoms with van der Waals surface area (Å²) in [6.45, 7) is 3.93. The smallest absolute Gasteiger partial charge is 0.360 e. The van der Waals surface area contributed by atoms with E-state index >= 15 is 0 Å². The molecule has 182 valence electrons. The summed E-state index contributed by atoms with van der Waals surface area (Å²) in [7, 11) is 3.18. The molecule has 0 aliphatic carbocycles. The molecule has 0 spiro atoms. The fourth-order valence-electron chi connectivity index (χ4n) is 4.48. The monoisotopic (exact) mass is 478 g/mol. The molecular weight excluding hydrogens is 452 g/mol. The Morgan fingerprint density at radius 1 is 1.34 bits per heavy atom. The van der Waals surface area contributed by atoms with Crippen molar-refractivity contribution in [2.24, 2.45) is 12.2 Å². The molecule has 0 unspecified atom stereocenters. The summed E-state index contributed by atoms with van der Waals surface area (Å²) in [5.41, 5.74) is 9.37. The first kappa shape index (κ1) is 22.7. The van der Waals surface area contributed by atoms with Gasteiger partial charge in [0.2, 0.25) is 0 Å². The van der Waals surface area contributed by atoms with Gasteiger partial charge in [0.25, 0.3) is 0 Å². The molecule has 0 bridgehead atoms. The van der Waals surface area contributed by atoms with Crippen LogP contribution in [0.2, 0.25) is 0 Å². The van der Waals surface area contributed by atoms with Crippen LogP contribution in [0, 0.1) is 5.53 Å². The molecule has 5 rings (SSSR count). The number of carbonyl (C=O) groups excluding carboxylic acids is 1. The number of aromatic nitrogens is 4. The number of nitrogens with one attached hydrogen (secondary N) is 2. The van der Waals surface area contributed by atoms with Crippen molar-refractivity contribution >= 4 is 22.8 Å². The summed E-state index contributed by atoms with van der Waals surface area (Å²) in [4.78, 5) is 28.3. The van der Waals surface area contributed by atoms with Gasteiger partial charge in [0.15, 0.2) is 23.1 Å². The predicted molar refractivity (Wildman–Crippen MR) is 126 cm³/mol. The molecule has 3 aromatic heterocycles. The largest absolute Gasteiger partial charge is 0.486 e. The Hall–Kier alpha value is -4.06. The van der Waals surface area contributed by atoms with E-state index in [0.717, 1.165) is 16.6 Å². The Balaban J connectivity index is 1.61. The van der Waals surface area contributed by atoms with Gasteiger partial charge in [0.1, 0.15) is 17.9 Å². The minimum absolute atomic E-state index is 0.0527. The number of anilines is 1. The third-order valence-electron chi connectivity index (χ3n) is 6.15. The number of fused-ring (bicyclic) bond motifs is 4. The molecule has 2 N–H and O–H groups in total. The lowest BCUT2D eigenvalue weighted by Crippen LogP contribution is -2.56. The van der Waals surface area contributed by atoms with Gasteiger partial charge in [-0.3, -0.25) is 0 Å². The van der Waals surface area contributed by atoms with E-state index in [1.807, 2.05) is 29.9 Å². The molecule has 2 atom stereocenters. The molecule has 1 fully saturated rings. The summed E-state index contributed by atoms with van der Waals surface area (Å²) in [5.74, 6) is 1.13. The summed E-state index contributed by atoms with van der Waals surface area (Å²) >= 11 is 0. The number of pyridine rings is 1. The van der Waals surface area contributed by atoms with Crippen molar-refractivity contribution in [3.8, 4) is 17.1 Å². The van der Waals surface area contributed by atoms with Crippen LogP contribution < -0.4 is 15.0 Å². The minimum Gasteiger partial charge on any atom is -0.486 e. The maximum absolute atomic E-state index is 11.8. The van der Waals surface area contributed by atoms with E-state index in [9.17, 15) is 4.79 Å². The van der Waals surface area contributed by atoms with Crippen LogP contribution in [-0.4, -0.2) is 64.5 Å². The first-order valence-corrected chi connectivity index (χ1v) is 11.2. The molecule has 0 saturated carbocycles. The normalized spacial score (nSPS) is 19.5. The summed E-state index contributed by atoms with van der Waals surface area (Å²) < 4.78 is 18.5. The second-order valence-electron chi connectivity index (χ2n) is 8.44. The lowest BCUT2D eigenvalue weighted by molar-refractivity contribution is -0.136. The van der Waals surface area contributed by atoms with Crippen molar-refractivity contribution in [2.75, 3.05) is 31.8 Å². The number of ether oxygens (including phenoxy) is 3. The number of carbonyl (C=O) groups is 1. The van der Waals surface area contributed by atoms with Crippen LogP contribution in [0.4, 0.5) is 5.82 Å². The molecule has 2 aliphatic rings. The molecule has 0 aromatic carbocycles. The van der Waals surface area contributed by atoms with Crippen molar-refractivity contribution in [3.63, 3.8) is 0 Å². The Labute approximate surface area is 201 Å². The van der Waals surface area contributed by atoms with Crippen LogP contribution in [0.5, 0.6) is 5.75 Å². The van der Waals surface area contributed by atoms with E-state index in [4.69, 9.17) is 25.0 Å². The lowest BCUT2D eigenvalue weighted by atomic mass is 10.1. The summed E-state index contributed by atoms with van der Waals surface area (Å²) in [6, 6.07) is 4.06. The number of rotatable bonds is 6. The molecule has 3 aromatic rings. The molecule has 5 heterocycles. The average molecular weight is 479 g/mol. The first-order chi connectivity index (χ1) is 17.0. The van der Waals surface area contributed by atoms with E-state index in [-0.39, 0.29) is 24.3 Å². The van der Waals surface area contributed by atoms with Gasteiger partial charge in [0.05, 0.1) is 39.0 Å². The summed E-state index contributed by atoms with van der Waals surface area (Å²) in [5, 5.41) is 7.18. The zero-order chi connectivity index (χ0) is 24.5. The Bertz CT molecular complexity index is 1320. The molecule has 2 aliphatic heterocycles. The highest BCUT2D eigenvalue weighted by atomic mass is 16.5. The highest BCUT2D eigenvalue weighted by Gasteiger charge is 2.37. The van der Waals surface area contributed by atoms with Crippen LogP contribution in [-0.2, 0) is 27.9 Å². The Morgan fingerprint density at radius 2 is 2.20 bits per heavy atom. The van der Waals surface area contributed by atoms with Crippen LogP contribution >= 0.6 is 0 Å². The van der Waals surface area contributed by atoms with Gasteiger partial charge in [-0.15, -0.1) is 5.11 Å². The molecule has 35 heavy (non-hydrogen) atoms. The maximum Gasteiger partial charge on any atom is 0.360 e. The quantitative estimate of drug-likeness (QED) is 0.310. The molecule has 12 heteroatoms. The molecule has 0 radical (unpaired) electrons. The lowest BCUT2D eigenvalue weighted by Gasteiger charge is -2.44. The van der Waals surface area contributed by atoms with E-state index in [0.29, 0.717) is 42.9 Å². The third-order valence-corrected chi connectivity index (χ3v) is 6.15. The van der Waals surface area contributed by atoms with E-state index < -0.39 is 5.97 Å². The van der Waals surface area contributed by atoms with Crippen LogP contribution in [0.1, 0.15) is 12.6 Å². The topological polar surface area (TPSA) is 140 Å². The van der Waals surface area contributed by atoms with E-state index in [2.05, 4.69) is 32.0 Å². The maximum atomic E-state index is 11.8. The number of hydrogen-bond donors (Lipinski definition) is 2. The minimum atomic E-state index is -0.706. The zero-order valence-electron chi connectivity index (χ0n) is 19.7. The zero-order valence-corrected chi connectivity index (χ0v) is 19.7. The van der Waals surface area contributed by atoms with Gasteiger partial charge < -0.3 is 29.0 Å². The van der Waals surface area contributed by atoms with Crippen molar-refractivity contribution in [1.29, 1.82) is 5.53 Å². The number of hydrogen-bond acceptors (Lipinski definition) is 11. The Morgan fingerprint density at radius 3 is 3.00 bits per heavy atom. The van der Waals surface area contributed by atoms with Gasteiger partial charge in [-0.2, -0.15) is 0 Å². The number of aryl methyl sites for hydroxylation is 1. The summed E-state index contributed by atoms with van der Waals surface area (Å²) in [6.07, 6.45) is 5.03.